The summed E-state index contributed by atoms with van der Waals surface area (Å²) >= 11 is 5.89. The Morgan fingerprint density at radius 3 is 2.20 bits per heavy atom. The van der Waals surface area contributed by atoms with Crippen LogP contribution in [-0.4, -0.2) is 34.5 Å². The summed E-state index contributed by atoms with van der Waals surface area (Å²) in [5.41, 5.74) is 0.240. The van der Waals surface area contributed by atoms with Gasteiger partial charge in [-0.2, -0.15) is 0 Å². The Morgan fingerprint density at radius 2 is 1.68 bits per heavy atom. The fourth-order valence-electron chi connectivity index (χ4n) is 4.08. The Bertz CT molecular complexity index is 636. The molecule has 2 fully saturated rings. The van der Waals surface area contributed by atoms with Crippen molar-refractivity contribution >= 4 is 23.5 Å². The maximum atomic E-state index is 12.5. The zero-order valence-electron chi connectivity index (χ0n) is 15.1. The van der Waals surface area contributed by atoms with Crippen molar-refractivity contribution in [2.24, 2.45) is 5.92 Å². The molecule has 1 amide bonds. The molecule has 0 aliphatic carbocycles. The summed E-state index contributed by atoms with van der Waals surface area (Å²) in [4.78, 5) is 26.9. The van der Waals surface area contributed by atoms with Gasteiger partial charge in [-0.25, -0.2) is 4.79 Å². The number of carbonyl (C=O) groups is 2. The van der Waals surface area contributed by atoms with Crippen LogP contribution in [0.3, 0.4) is 0 Å². The van der Waals surface area contributed by atoms with Gasteiger partial charge in [0.25, 0.3) is 0 Å². The van der Waals surface area contributed by atoms with Crippen molar-refractivity contribution in [1.29, 1.82) is 0 Å². The molecule has 4 nitrogen and oxygen atoms in total. The molecule has 2 aliphatic heterocycles. The van der Waals surface area contributed by atoms with Crippen LogP contribution < -0.4 is 0 Å². The van der Waals surface area contributed by atoms with Gasteiger partial charge in [-0.3, -0.25) is 4.79 Å². The van der Waals surface area contributed by atoms with Gasteiger partial charge in [0, 0.05) is 29.1 Å². The fourth-order valence-corrected chi connectivity index (χ4v) is 4.21. The molecule has 2 aliphatic rings. The molecule has 0 N–H and O–H groups in total. The number of nitrogens with zero attached hydrogens (tertiary/aromatic N) is 1. The number of ether oxygens (including phenoxy) is 1. The molecule has 3 rings (SSSR count). The van der Waals surface area contributed by atoms with Crippen molar-refractivity contribution in [2.45, 2.75) is 70.6 Å². The van der Waals surface area contributed by atoms with E-state index in [2.05, 4.69) is 0 Å². The lowest BCUT2D eigenvalue weighted by Crippen LogP contribution is -2.48. The van der Waals surface area contributed by atoms with Crippen LogP contribution in [0.2, 0.25) is 5.02 Å². The zero-order chi connectivity index (χ0) is 18.2. The maximum absolute atomic E-state index is 12.5. The summed E-state index contributed by atoms with van der Waals surface area (Å²) < 4.78 is 5.56. The fraction of sp³-hybridized carbons (Fsp3) is 0.600. The largest absolute Gasteiger partial charge is 0.444 e. The van der Waals surface area contributed by atoms with Crippen molar-refractivity contribution in [3.05, 3.63) is 34.9 Å². The number of benzene rings is 1. The van der Waals surface area contributed by atoms with Crippen LogP contribution in [0, 0.1) is 5.92 Å². The van der Waals surface area contributed by atoms with Crippen LogP contribution in [0.4, 0.5) is 4.79 Å². The number of rotatable bonds is 3. The highest BCUT2D eigenvalue weighted by Gasteiger charge is 2.45. The molecular formula is C20H26ClNO3. The van der Waals surface area contributed by atoms with E-state index in [4.69, 9.17) is 16.3 Å². The predicted molar refractivity (Wildman–Crippen MR) is 98.0 cm³/mol. The van der Waals surface area contributed by atoms with Crippen molar-refractivity contribution < 1.29 is 14.3 Å². The first kappa shape index (κ1) is 18.2. The third-order valence-electron chi connectivity index (χ3n) is 5.08. The Morgan fingerprint density at radius 1 is 1.12 bits per heavy atom. The van der Waals surface area contributed by atoms with E-state index in [0.29, 0.717) is 22.9 Å². The SMILES string of the molecule is CC(C)(C)OC(=O)N1C2CCC1CC(CC(=O)c1ccc(Cl)cc1)C2. The van der Waals surface area contributed by atoms with E-state index in [9.17, 15) is 9.59 Å². The highest BCUT2D eigenvalue weighted by molar-refractivity contribution is 6.30. The van der Waals surface area contributed by atoms with Gasteiger partial charge in [0.2, 0.25) is 0 Å². The lowest BCUT2D eigenvalue weighted by Gasteiger charge is -2.39. The second kappa shape index (κ2) is 6.99. The minimum Gasteiger partial charge on any atom is -0.444 e. The monoisotopic (exact) mass is 363 g/mol. The average Bonchev–Trinajstić information content (AvgIpc) is 2.78. The topological polar surface area (TPSA) is 46.6 Å². The van der Waals surface area contributed by atoms with E-state index in [0.717, 1.165) is 25.7 Å². The van der Waals surface area contributed by atoms with Crippen LogP contribution in [0.5, 0.6) is 0 Å². The van der Waals surface area contributed by atoms with Gasteiger partial charge in [-0.05, 0) is 76.6 Å². The van der Waals surface area contributed by atoms with E-state index >= 15 is 0 Å². The van der Waals surface area contributed by atoms with E-state index in [1.807, 2.05) is 25.7 Å². The second-order valence-electron chi connectivity index (χ2n) is 8.24. The van der Waals surface area contributed by atoms with E-state index in [1.165, 1.54) is 0 Å². The molecule has 0 saturated carbocycles. The number of Topliss-reactive ketones (excluding diaryl/α,β-unsaturated/α-hetero) is 1. The second-order valence-corrected chi connectivity index (χ2v) is 8.68. The summed E-state index contributed by atoms with van der Waals surface area (Å²) in [5, 5.41) is 0.639. The molecule has 0 spiro atoms. The van der Waals surface area contributed by atoms with Crippen molar-refractivity contribution in [3.8, 4) is 0 Å². The predicted octanol–water partition coefficient (Wildman–Crippen LogP) is 5.09. The number of carbonyl (C=O) groups excluding carboxylic acids is 2. The lowest BCUT2D eigenvalue weighted by atomic mass is 9.86. The quantitative estimate of drug-likeness (QED) is 0.702. The van der Waals surface area contributed by atoms with Gasteiger partial charge in [-0.15, -0.1) is 0 Å². The standard InChI is InChI=1S/C20H26ClNO3/c1-20(2,3)25-19(24)22-16-8-9-17(22)11-13(10-16)12-18(23)14-4-6-15(21)7-5-14/h4-7,13,16-17H,8-12H2,1-3H3. The van der Waals surface area contributed by atoms with Crippen LogP contribution in [0.1, 0.15) is 63.2 Å². The smallest absolute Gasteiger partial charge is 0.410 e. The minimum atomic E-state index is -0.474. The number of hydrogen-bond acceptors (Lipinski definition) is 3. The molecule has 0 aromatic heterocycles. The maximum Gasteiger partial charge on any atom is 0.410 e. The molecule has 136 valence electrons. The minimum absolute atomic E-state index is 0.159. The van der Waals surface area contributed by atoms with Gasteiger partial charge in [0.15, 0.2) is 5.78 Å². The molecule has 5 heteroatoms. The molecular weight excluding hydrogens is 338 g/mol. The van der Waals surface area contributed by atoms with Gasteiger partial charge < -0.3 is 9.64 Å². The number of piperidine rings is 1. The van der Waals surface area contributed by atoms with Gasteiger partial charge in [0.1, 0.15) is 5.60 Å². The number of fused-ring (bicyclic) bond motifs is 2. The van der Waals surface area contributed by atoms with Gasteiger partial charge in [-0.1, -0.05) is 11.6 Å². The first-order valence-electron chi connectivity index (χ1n) is 9.03. The summed E-state index contributed by atoms with van der Waals surface area (Å²) in [6, 6.07) is 7.49. The number of hydrogen-bond donors (Lipinski definition) is 0. The number of amides is 1. The average molecular weight is 364 g/mol. The van der Waals surface area contributed by atoms with Crippen LogP contribution in [-0.2, 0) is 4.74 Å². The van der Waals surface area contributed by atoms with E-state index < -0.39 is 5.60 Å². The number of ketones is 1. The van der Waals surface area contributed by atoms with Crippen molar-refractivity contribution in [2.75, 3.05) is 0 Å². The van der Waals surface area contributed by atoms with E-state index in [-0.39, 0.29) is 24.0 Å². The van der Waals surface area contributed by atoms with Gasteiger partial charge in [0.05, 0.1) is 0 Å². The summed E-state index contributed by atoms with van der Waals surface area (Å²) in [6.07, 6.45) is 4.12. The lowest BCUT2D eigenvalue weighted by molar-refractivity contribution is 0.00203. The Balaban J connectivity index is 1.61. The summed E-state index contributed by atoms with van der Waals surface area (Å²) in [6.45, 7) is 5.68. The molecule has 0 radical (unpaired) electrons. The first-order chi connectivity index (χ1) is 11.7. The van der Waals surface area contributed by atoms with Crippen molar-refractivity contribution in [1.82, 2.24) is 4.90 Å². The highest BCUT2D eigenvalue weighted by Crippen LogP contribution is 2.41. The molecule has 2 bridgehead atoms. The Labute approximate surface area is 154 Å². The van der Waals surface area contributed by atoms with Crippen molar-refractivity contribution in [3.63, 3.8) is 0 Å². The Kier molecular flexibility index (Phi) is 5.10. The number of halogens is 1. The van der Waals surface area contributed by atoms with E-state index in [1.54, 1.807) is 24.3 Å². The van der Waals surface area contributed by atoms with Crippen LogP contribution in [0.15, 0.2) is 24.3 Å². The molecule has 25 heavy (non-hydrogen) atoms. The van der Waals surface area contributed by atoms with Crippen LogP contribution >= 0.6 is 11.6 Å². The molecule has 1 aromatic rings. The third kappa shape index (κ3) is 4.35. The molecule has 2 atom stereocenters. The highest BCUT2D eigenvalue weighted by atomic mass is 35.5. The molecule has 1 aromatic carbocycles. The third-order valence-corrected chi connectivity index (χ3v) is 5.33. The summed E-state index contributed by atoms with van der Waals surface area (Å²) in [5.74, 6) is 0.492. The zero-order valence-corrected chi connectivity index (χ0v) is 15.9. The Hall–Kier alpha value is -1.55. The molecule has 2 heterocycles. The normalized spacial score (nSPS) is 25.8. The van der Waals surface area contributed by atoms with Crippen LogP contribution in [0.25, 0.3) is 0 Å². The first-order valence-corrected chi connectivity index (χ1v) is 9.41. The summed E-state index contributed by atoms with van der Waals surface area (Å²) in [7, 11) is 0. The van der Waals surface area contributed by atoms with Gasteiger partial charge >= 0.3 is 6.09 Å². The molecule has 2 saturated heterocycles. The molecule has 2 unspecified atom stereocenters.